The van der Waals surface area contributed by atoms with Gasteiger partial charge in [0, 0.05) is 5.02 Å². The molecule has 0 spiro atoms. The van der Waals surface area contributed by atoms with Crippen LogP contribution in [0.1, 0.15) is 0 Å². The predicted octanol–water partition coefficient (Wildman–Crippen LogP) is 1.39. The maximum atomic E-state index is 11.9. The first-order valence-electron chi connectivity index (χ1n) is 5.85. The number of benzene rings is 1. The number of rotatable bonds is 6. The second kappa shape index (κ2) is 7.72. The zero-order valence-corrected chi connectivity index (χ0v) is 12.4. The number of hydrogen-bond acceptors (Lipinski definition) is 5. The molecule has 0 aliphatic heterocycles. The first-order chi connectivity index (χ1) is 9.46. The highest BCUT2D eigenvalue weighted by molar-refractivity contribution is 6.31. The number of nitrogens with zero attached hydrogens (tertiary/aromatic N) is 1. The summed E-state index contributed by atoms with van der Waals surface area (Å²) in [6, 6.07) is 4.92. The number of carbonyl (C=O) groups excluding carboxylic acids is 2. The normalized spacial score (nSPS) is 10.2. The molecule has 0 heterocycles. The van der Waals surface area contributed by atoms with Crippen LogP contribution < -0.4 is 10.1 Å². The van der Waals surface area contributed by atoms with E-state index in [1.54, 1.807) is 25.2 Å². The van der Waals surface area contributed by atoms with Crippen LogP contribution in [0.5, 0.6) is 5.75 Å². The highest BCUT2D eigenvalue weighted by Gasteiger charge is 2.13. The highest BCUT2D eigenvalue weighted by Crippen LogP contribution is 2.27. The lowest BCUT2D eigenvalue weighted by Gasteiger charge is -2.15. The Kier molecular flexibility index (Phi) is 6.27. The smallest absolute Gasteiger partial charge is 0.319 e. The molecule has 6 nitrogen and oxygen atoms in total. The van der Waals surface area contributed by atoms with Crippen molar-refractivity contribution in [1.82, 2.24) is 4.90 Å². The molecule has 0 atom stereocenters. The van der Waals surface area contributed by atoms with Gasteiger partial charge >= 0.3 is 5.97 Å². The summed E-state index contributed by atoms with van der Waals surface area (Å²) < 4.78 is 9.65. The van der Waals surface area contributed by atoms with Crippen LogP contribution in [0.3, 0.4) is 0 Å². The maximum Gasteiger partial charge on any atom is 0.319 e. The van der Waals surface area contributed by atoms with E-state index < -0.39 is 5.97 Å². The first-order valence-corrected chi connectivity index (χ1v) is 6.22. The van der Waals surface area contributed by atoms with Crippen LogP contribution in [0.25, 0.3) is 0 Å². The third-order valence-electron chi connectivity index (χ3n) is 2.48. The van der Waals surface area contributed by atoms with Crippen LogP contribution in [-0.2, 0) is 14.3 Å². The summed E-state index contributed by atoms with van der Waals surface area (Å²) >= 11 is 5.87. The van der Waals surface area contributed by atoms with Gasteiger partial charge in [0.05, 0.1) is 33.0 Å². The summed E-state index contributed by atoms with van der Waals surface area (Å²) in [5, 5.41) is 3.17. The number of carbonyl (C=O) groups is 2. The monoisotopic (exact) mass is 300 g/mol. The molecule has 0 fully saturated rings. The maximum absolute atomic E-state index is 11.9. The van der Waals surface area contributed by atoms with Crippen molar-refractivity contribution in [1.29, 1.82) is 0 Å². The summed E-state index contributed by atoms with van der Waals surface area (Å²) in [4.78, 5) is 24.5. The van der Waals surface area contributed by atoms with Crippen LogP contribution in [0.4, 0.5) is 5.69 Å². The Morgan fingerprint density at radius 1 is 1.30 bits per heavy atom. The van der Waals surface area contributed by atoms with E-state index in [4.69, 9.17) is 16.3 Å². The second-order valence-corrected chi connectivity index (χ2v) is 4.58. The number of likely N-dealkylation sites (N-methyl/N-ethyl adjacent to an activating group) is 1. The molecule has 7 heteroatoms. The molecule has 1 rings (SSSR count). The van der Waals surface area contributed by atoms with Gasteiger partial charge in [0.2, 0.25) is 5.91 Å². The fourth-order valence-electron chi connectivity index (χ4n) is 1.55. The molecule has 1 N–H and O–H groups in total. The Morgan fingerprint density at radius 2 is 2.00 bits per heavy atom. The minimum absolute atomic E-state index is 0.0383. The highest BCUT2D eigenvalue weighted by atomic mass is 35.5. The molecule has 0 bridgehead atoms. The van der Waals surface area contributed by atoms with Gasteiger partial charge in [-0.25, -0.2) is 0 Å². The van der Waals surface area contributed by atoms with Crippen molar-refractivity contribution in [2.75, 3.05) is 39.7 Å². The van der Waals surface area contributed by atoms with Crippen molar-refractivity contribution in [3.05, 3.63) is 23.2 Å². The summed E-state index contributed by atoms with van der Waals surface area (Å²) in [7, 11) is 4.45. The molecule has 0 aliphatic carbocycles. The Hall–Kier alpha value is -1.79. The van der Waals surface area contributed by atoms with Crippen molar-refractivity contribution < 1.29 is 19.1 Å². The molecular formula is C13H17ClN2O4. The van der Waals surface area contributed by atoms with Gasteiger partial charge in [-0.15, -0.1) is 0 Å². The second-order valence-electron chi connectivity index (χ2n) is 4.14. The van der Waals surface area contributed by atoms with Gasteiger partial charge in [-0.1, -0.05) is 11.6 Å². The largest absolute Gasteiger partial charge is 0.495 e. The molecule has 0 aliphatic rings. The lowest BCUT2D eigenvalue weighted by Crippen LogP contribution is -2.34. The molecule has 1 aromatic rings. The van der Waals surface area contributed by atoms with Crippen molar-refractivity contribution in [2.24, 2.45) is 0 Å². The van der Waals surface area contributed by atoms with Crippen molar-refractivity contribution in [3.63, 3.8) is 0 Å². The lowest BCUT2D eigenvalue weighted by molar-refractivity contribution is -0.141. The SMILES string of the molecule is COC(=O)CN(C)CC(=O)Nc1cc(Cl)ccc1OC. The van der Waals surface area contributed by atoms with E-state index in [0.717, 1.165) is 0 Å². The van der Waals surface area contributed by atoms with Crippen LogP contribution in [0.15, 0.2) is 18.2 Å². The van der Waals surface area contributed by atoms with Gasteiger partial charge in [0.25, 0.3) is 0 Å². The molecule has 20 heavy (non-hydrogen) atoms. The number of methoxy groups -OCH3 is 2. The van der Waals surface area contributed by atoms with Crippen molar-refractivity contribution in [2.45, 2.75) is 0 Å². The quantitative estimate of drug-likeness (QED) is 0.804. The minimum Gasteiger partial charge on any atom is -0.495 e. The van der Waals surface area contributed by atoms with Gasteiger partial charge in [0.15, 0.2) is 0 Å². The summed E-state index contributed by atoms with van der Waals surface area (Å²) in [5.74, 6) is -0.170. The molecule has 0 radical (unpaired) electrons. The minimum atomic E-state index is -0.402. The molecule has 0 unspecified atom stereocenters. The van der Waals surface area contributed by atoms with E-state index in [2.05, 4.69) is 10.1 Å². The van der Waals surface area contributed by atoms with Crippen molar-refractivity contribution >= 4 is 29.2 Å². The molecule has 0 saturated heterocycles. The van der Waals surface area contributed by atoms with Crippen molar-refractivity contribution in [3.8, 4) is 5.75 Å². The molecule has 0 saturated carbocycles. The van der Waals surface area contributed by atoms with Gasteiger partial charge in [0.1, 0.15) is 5.75 Å². The van der Waals surface area contributed by atoms with Gasteiger partial charge in [-0.3, -0.25) is 14.5 Å². The molecule has 1 amide bonds. The molecule has 0 aromatic heterocycles. The predicted molar refractivity (Wildman–Crippen MR) is 76.1 cm³/mol. The number of esters is 1. The van der Waals surface area contributed by atoms with Crippen LogP contribution in [0.2, 0.25) is 5.02 Å². The standard InChI is InChI=1S/C13H17ClN2O4/c1-16(8-13(18)20-3)7-12(17)15-10-6-9(14)4-5-11(10)19-2/h4-6H,7-8H2,1-3H3,(H,15,17). The summed E-state index contributed by atoms with van der Waals surface area (Å²) in [6.45, 7) is 0.0847. The number of anilines is 1. The van der Waals surface area contributed by atoms with E-state index in [1.807, 2.05) is 0 Å². The zero-order chi connectivity index (χ0) is 15.1. The number of halogens is 1. The number of nitrogens with one attached hydrogen (secondary N) is 1. The fraction of sp³-hybridized carbons (Fsp3) is 0.385. The van der Waals surface area contributed by atoms with E-state index in [9.17, 15) is 9.59 Å². The van der Waals surface area contributed by atoms with Crippen LogP contribution >= 0.6 is 11.6 Å². The Balaban J connectivity index is 2.62. The molecule has 110 valence electrons. The van der Waals surface area contributed by atoms with Gasteiger partial charge in [-0.05, 0) is 25.2 Å². The fourth-order valence-corrected chi connectivity index (χ4v) is 1.73. The van der Waals surface area contributed by atoms with E-state index in [-0.39, 0.29) is 19.0 Å². The van der Waals surface area contributed by atoms with E-state index >= 15 is 0 Å². The third-order valence-corrected chi connectivity index (χ3v) is 2.71. The Bertz CT molecular complexity index is 493. The van der Waals surface area contributed by atoms with Gasteiger partial charge < -0.3 is 14.8 Å². The average Bonchev–Trinajstić information content (AvgIpc) is 2.38. The van der Waals surface area contributed by atoms with Gasteiger partial charge in [-0.2, -0.15) is 0 Å². The number of ether oxygens (including phenoxy) is 2. The lowest BCUT2D eigenvalue weighted by atomic mass is 10.3. The zero-order valence-electron chi connectivity index (χ0n) is 11.6. The molecular weight excluding hydrogens is 284 g/mol. The van der Waals surface area contributed by atoms with E-state index in [1.165, 1.54) is 19.1 Å². The topological polar surface area (TPSA) is 67.9 Å². The number of amides is 1. The van der Waals surface area contributed by atoms with E-state index in [0.29, 0.717) is 16.5 Å². The molecule has 1 aromatic carbocycles. The average molecular weight is 301 g/mol. The van der Waals surface area contributed by atoms with Crippen LogP contribution in [0, 0.1) is 0 Å². The first kappa shape index (κ1) is 16.3. The Labute approximate surface area is 122 Å². The third kappa shape index (κ3) is 5.07. The summed E-state index contributed by atoms with van der Waals surface area (Å²) in [5.41, 5.74) is 0.483. The Morgan fingerprint density at radius 3 is 2.60 bits per heavy atom. The summed E-state index contributed by atoms with van der Waals surface area (Å²) in [6.07, 6.45) is 0. The number of hydrogen-bond donors (Lipinski definition) is 1. The van der Waals surface area contributed by atoms with Crippen LogP contribution in [-0.4, -0.2) is 51.1 Å².